The van der Waals surface area contributed by atoms with E-state index in [9.17, 15) is 14.7 Å². The minimum absolute atomic E-state index is 0.0359. The summed E-state index contributed by atoms with van der Waals surface area (Å²) in [6.45, 7) is 6.14. The first kappa shape index (κ1) is 12.8. The summed E-state index contributed by atoms with van der Waals surface area (Å²) in [7, 11) is 0. The summed E-state index contributed by atoms with van der Waals surface area (Å²) in [5, 5.41) is 9.23. The topological polar surface area (TPSA) is 57.6 Å². The van der Waals surface area contributed by atoms with Crippen molar-refractivity contribution in [3.8, 4) is 0 Å². The zero-order valence-electron chi connectivity index (χ0n) is 10.9. The van der Waals surface area contributed by atoms with Gasteiger partial charge in [0.05, 0.1) is 0 Å². The van der Waals surface area contributed by atoms with Crippen LogP contribution in [-0.2, 0) is 17.9 Å². The number of rotatable bonds is 3. The van der Waals surface area contributed by atoms with Crippen LogP contribution in [0.15, 0.2) is 18.2 Å². The Morgan fingerprint density at radius 1 is 1.22 bits per heavy atom. The number of carboxylic acid groups (broad SMARTS) is 1. The Kier molecular flexibility index (Phi) is 2.99. The van der Waals surface area contributed by atoms with Gasteiger partial charge in [0.2, 0.25) is 0 Å². The Labute approximate surface area is 106 Å². The van der Waals surface area contributed by atoms with E-state index in [2.05, 4.69) is 0 Å². The van der Waals surface area contributed by atoms with Crippen LogP contribution in [-0.4, -0.2) is 27.3 Å². The van der Waals surface area contributed by atoms with E-state index < -0.39 is 11.5 Å². The lowest BCUT2D eigenvalue weighted by Gasteiger charge is -2.30. The molecule has 1 N–H and O–H groups in total. The van der Waals surface area contributed by atoms with Crippen LogP contribution in [0.3, 0.4) is 0 Å². The molecule has 1 heterocycles. The standard InChI is InChI=1S/C14H17NO3/c1-9(16)10-4-5-11-7-15(8-12(11)6-10)14(2,3)13(17)18/h4-6H,7-8H2,1-3H3,(H,17,18). The van der Waals surface area contributed by atoms with Gasteiger partial charge in [0.25, 0.3) is 0 Å². The fraction of sp³-hybridized carbons (Fsp3) is 0.429. The van der Waals surface area contributed by atoms with Crippen molar-refractivity contribution in [3.63, 3.8) is 0 Å². The monoisotopic (exact) mass is 247 g/mol. The van der Waals surface area contributed by atoms with Crippen LogP contribution in [0.5, 0.6) is 0 Å². The highest BCUT2D eigenvalue weighted by Crippen LogP contribution is 2.30. The average molecular weight is 247 g/mol. The molecule has 1 aliphatic rings. The zero-order valence-corrected chi connectivity index (χ0v) is 10.9. The second kappa shape index (κ2) is 4.21. The van der Waals surface area contributed by atoms with Crippen molar-refractivity contribution in [2.24, 2.45) is 0 Å². The predicted octanol–water partition coefficient (Wildman–Crippen LogP) is 2.07. The van der Waals surface area contributed by atoms with Crippen LogP contribution < -0.4 is 0 Å². The molecule has 0 atom stereocenters. The second-order valence-electron chi connectivity index (χ2n) is 5.26. The summed E-state index contributed by atoms with van der Waals surface area (Å²) in [5.74, 6) is -0.796. The molecule has 2 rings (SSSR count). The molecule has 1 aliphatic heterocycles. The number of Topliss-reactive ketones (excluding diaryl/α,β-unsaturated/α-hetero) is 1. The molecule has 0 radical (unpaired) electrons. The molecule has 18 heavy (non-hydrogen) atoms. The van der Waals surface area contributed by atoms with Gasteiger partial charge in [-0.1, -0.05) is 12.1 Å². The summed E-state index contributed by atoms with van der Waals surface area (Å²) in [6.07, 6.45) is 0. The highest BCUT2D eigenvalue weighted by atomic mass is 16.4. The number of carboxylic acids is 1. The van der Waals surface area contributed by atoms with Crippen molar-refractivity contribution in [1.82, 2.24) is 4.90 Å². The van der Waals surface area contributed by atoms with Gasteiger partial charge in [-0.15, -0.1) is 0 Å². The Morgan fingerprint density at radius 3 is 2.39 bits per heavy atom. The van der Waals surface area contributed by atoms with Crippen LogP contribution in [0, 0.1) is 0 Å². The maximum absolute atomic E-state index is 11.3. The van der Waals surface area contributed by atoms with Crippen LogP contribution in [0.25, 0.3) is 0 Å². The van der Waals surface area contributed by atoms with Crippen molar-refractivity contribution in [1.29, 1.82) is 0 Å². The minimum atomic E-state index is -0.893. The molecular weight excluding hydrogens is 230 g/mol. The zero-order chi connectivity index (χ0) is 13.5. The maximum atomic E-state index is 11.3. The number of ketones is 1. The van der Waals surface area contributed by atoms with Gasteiger partial charge in [-0.3, -0.25) is 14.5 Å². The Hall–Kier alpha value is -1.68. The summed E-state index contributed by atoms with van der Waals surface area (Å²) in [4.78, 5) is 24.5. The highest BCUT2D eigenvalue weighted by Gasteiger charge is 2.37. The first-order valence-corrected chi connectivity index (χ1v) is 5.93. The molecule has 0 fully saturated rings. The van der Waals surface area contributed by atoms with Gasteiger partial charge in [0.1, 0.15) is 5.54 Å². The lowest BCUT2D eigenvalue weighted by Crippen LogP contribution is -2.47. The van der Waals surface area contributed by atoms with Crippen LogP contribution in [0.4, 0.5) is 0 Å². The molecule has 0 unspecified atom stereocenters. The van der Waals surface area contributed by atoms with E-state index in [4.69, 9.17) is 0 Å². The maximum Gasteiger partial charge on any atom is 0.323 e. The van der Waals surface area contributed by atoms with E-state index >= 15 is 0 Å². The molecule has 0 aromatic heterocycles. The second-order valence-corrected chi connectivity index (χ2v) is 5.26. The molecular formula is C14H17NO3. The summed E-state index contributed by atoms with van der Waals surface area (Å²) >= 11 is 0. The molecule has 0 spiro atoms. The molecule has 96 valence electrons. The minimum Gasteiger partial charge on any atom is -0.480 e. The number of aliphatic carboxylic acids is 1. The van der Waals surface area contributed by atoms with E-state index in [1.807, 2.05) is 17.0 Å². The molecule has 0 bridgehead atoms. The van der Waals surface area contributed by atoms with Crippen molar-refractivity contribution in [3.05, 3.63) is 34.9 Å². The number of nitrogens with zero attached hydrogens (tertiary/aromatic N) is 1. The number of hydrogen-bond acceptors (Lipinski definition) is 3. The third kappa shape index (κ3) is 2.04. The molecule has 1 aromatic rings. The quantitative estimate of drug-likeness (QED) is 0.831. The van der Waals surface area contributed by atoms with Crippen molar-refractivity contribution in [2.45, 2.75) is 39.4 Å². The van der Waals surface area contributed by atoms with Crippen molar-refractivity contribution in [2.75, 3.05) is 0 Å². The van der Waals surface area contributed by atoms with Gasteiger partial charge in [0.15, 0.2) is 5.78 Å². The number of carbonyl (C=O) groups excluding carboxylic acids is 1. The van der Waals surface area contributed by atoms with Crippen molar-refractivity contribution >= 4 is 11.8 Å². The van der Waals surface area contributed by atoms with Gasteiger partial charge >= 0.3 is 5.97 Å². The summed E-state index contributed by atoms with van der Waals surface area (Å²) in [5.41, 5.74) is 1.95. The Balaban J connectivity index is 2.28. The lowest BCUT2D eigenvalue weighted by molar-refractivity contribution is -0.149. The normalized spacial score (nSPS) is 15.5. The van der Waals surface area contributed by atoms with Crippen LogP contribution in [0.2, 0.25) is 0 Å². The predicted molar refractivity (Wildman–Crippen MR) is 67.4 cm³/mol. The molecule has 4 nitrogen and oxygen atoms in total. The number of fused-ring (bicyclic) bond motifs is 1. The van der Waals surface area contributed by atoms with Gasteiger partial charge in [0, 0.05) is 18.7 Å². The molecule has 0 aliphatic carbocycles. The lowest BCUT2D eigenvalue weighted by atomic mass is 10.0. The van der Waals surface area contributed by atoms with E-state index in [-0.39, 0.29) is 5.78 Å². The number of benzene rings is 1. The Morgan fingerprint density at radius 2 is 1.83 bits per heavy atom. The van der Waals surface area contributed by atoms with Gasteiger partial charge in [-0.25, -0.2) is 0 Å². The van der Waals surface area contributed by atoms with E-state index in [0.717, 1.165) is 11.1 Å². The van der Waals surface area contributed by atoms with Gasteiger partial charge in [-0.2, -0.15) is 0 Å². The Bertz CT molecular complexity index is 520. The molecule has 0 amide bonds. The number of carbonyl (C=O) groups is 2. The van der Waals surface area contributed by atoms with Crippen LogP contribution in [0.1, 0.15) is 42.3 Å². The van der Waals surface area contributed by atoms with Crippen LogP contribution >= 0.6 is 0 Å². The first-order valence-electron chi connectivity index (χ1n) is 5.93. The highest BCUT2D eigenvalue weighted by molar-refractivity contribution is 5.94. The first-order chi connectivity index (χ1) is 8.32. The van der Waals surface area contributed by atoms with E-state index in [1.54, 1.807) is 19.9 Å². The SMILES string of the molecule is CC(=O)c1ccc2c(c1)CN(C(C)(C)C(=O)O)C2. The summed E-state index contributed by atoms with van der Waals surface area (Å²) < 4.78 is 0. The average Bonchev–Trinajstić information content (AvgIpc) is 2.71. The fourth-order valence-electron chi connectivity index (χ4n) is 2.14. The van der Waals surface area contributed by atoms with E-state index in [1.165, 1.54) is 6.92 Å². The van der Waals surface area contributed by atoms with E-state index in [0.29, 0.717) is 18.7 Å². The smallest absolute Gasteiger partial charge is 0.323 e. The molecule has 4 heteroatoms. The largest absolute Gasteiger partial charge is 0.480 e. The summed E-state index contributed by atoms with van der Waals surface area (Å²) in [6, 6.07) is 5.60. The molecule has 1 aromatic carbocycles. The van der Waals surface area contributed by atoms with Gasteiger partial charge < -0.3 is 5.11 Å². The fourth-order valence-corrected chi connectivity index (χ4v) is 2.14. The third-order valence-corrected chi connectivity index (χ3v) is 3.65. The molecule has 0 saturated heterocycles. The van der Waals surface area contributed by atoms with Crippen molar-refractivity contribution < 1.29 is 14.7 Å². The molecule has 0 saturated carbocycles. The third-order valence-electron chi connectivity index (χ3n) is 3.65. The number of hydrogen-bond donors (Lipinski definition) is 1. The van der Waals surface area contributed by atoms with Gasteiger partial charge in [-0.05, 0) is 38.0 Å².